The predicted octanol–water partition coefficient (Wildman–Crippen LogP) is 3.74. The average molecular weight is 325 g/mol. The van der Waals surface area contributed by atoms with Crippen molar-refractivity contribution >= 4 is 11.6 Å². The molecule has 3 nitrogen and oxygen atoms in total. The third-order valence-corrected chi connectivity index (χ3v) is 3.94. The molecule has 0 bridgehead atoms. The number of nitrogens with one attached hydrogen (secondary N) is 1. The second-order valence-electron chi connectivity index (χ2n) is 5.30. The summed E-state index contributed by atoms with van der Waals surface area (Å²) in [4.78, 5) is 4.07. The summed E-state index contributed by atoms with van der Waals surface area (Å²) in [6, 6.07) is 5.06. The molecule has 1 aliphatic heterocycles. The fraction of sp³-hybridized carbons (Fsp3) is 0.312. The minimum Gasteiger partial charge on any atom is -0.482 e. The van der Waals surface area contributed by atoms with Crippen molar-refractivity contribution in [2.24, 2.45) is 5.92 Å². The molecule has 1 N–H and O–H groups in total. The Hall–Kier alpha value is -1.72. The van der Waals surface area contributed by atoms with Crippen LogP contribution in [0.1, 0.15) is 18.1 Å². The minimum atomic E-state index is -0.717. The van der Waals surface area contributed by atoms with Gasteiger partial charge in [0.2, 0.25) is 0 Å². The van der Waals surface area contributed by atoms with Crippen LogP contribution in [0.4, 0.5) is 8.78 Å². The highest BCUT2D eigenvalue weighted by Gasteiger charge is 2.29. The second-order valence-corrected chi connectivity index (χ2v) is 5.74. The smallest absolute Gasteiger partial charge is 0.168 e. The van der Waals surface area contributed by atoms with Crippen LogP contribution in [0.15, 0.2) is 36.7 Å². The SMILES string of the molecule is Fc1ccc(O[C@H](c2cncc(Cl)c2)C2CCNC2)c(F)c1. The summed E-state index contributed by atoms with van der Waals surface area (Å²) in [5, 5.41) is 3.76. The predicted molar refractivity (Wildman–Crippen MR) is 80.0 cm³/mol. The Bertz CT molecular complexity index is 662. The van der Waals surface area contributed by atoms with Crippen molar-refractivity contribution in [2.45, 2.75) is 12.5 Å². The van der Waals surface area contributed by atoms with Crippen molar-refractivity contribution in [3.8, 4) is 5.75 Å². The summed E-state index contributed by atoms with van der Waals surface area (Å²) >= 11 is 5.99. The lowest BCUT2D eigenvalue weighted by atomic mass is 9.96. The summed E-state index contributed by atoms with van der Waals surface area (Å²) in [7, 11) is 0. The van der Waals surface area contributed by atoms with E-state index in [-0.39, 0.29) is 17.8 Å². The number of hydrogen-bond acceptors (Lipinski definition) is 3. The Morgan fingerprint density at radius 3 is 2.82 bits per heavy atom. The molecule has 0 saturated carbocycles. The summed E-state index contributed by atoms with van der Waals surface area (Å²) in [6.45, 7) is 1.64. The topological polar surface area (TPSA) is 34.1 Å². The molecule has 2 heterocycles. The van der Waals surface area contributed by atoms with Gasteiger partial charge in [-0.15, -0.1) is 0 Å². The molecule has 3 rings (SSSR count). The lowest BCUT2D eigenvalue weighted by molar-refractivity contribution is 0.137. The monoisotopic (exact) mass is 324 g/mol. The number of halogens is 3. The van der Waals surface area contributed by atoms with E-state index >= 15 is 0 Å². The van der Waals surface area contributed by atoms with E-state index in [4.69, 9.17) is 16.3 Å². The highest BCUT2D eigenvalue weighted by molar-refractivity contribution is 6.30. The zero-order valence-corrected chi connectivity index (χ0v) is 12.5. The van der Waals surface area contributed by atoms with Crippen molar-refractivity contribution in [1.29, 1.82) is 0 Å². The molecule has 1 aliphatic rings. The fourth-order valence-corrected chi connectivity index (χ4v) is 2.85. The van der Waals surface area contributed by atoms with Crippen molar-refractivity contribution in [3.05, 3.63) is 58.9 Å². The third-order valence-electron chi connectivity index (χ3n) is 3.73. The first-order chi connectivity index (χ1) is 10.6. The molecule has 22 heavy (non-hydrogen) atoms. The number of hydrogen-bond donors (Lipinski definition) is 1. The number of aromatic nitrogens is 1. The van der Waals surface area contributed by atoms with Crippen LogP contribution in [-0.4, -0.2) is 18.1 Å². The van der Waals surface area contributed by atoms with Gasteiger partial charge in [0.25, 0.3) is 0 Å². The Kier molecular flexibility index (Phi) is 4.55. The molecule has 1 saturated heterocycles. The lowest BCUT2D eigenvalue weighted by Gasteiger charge is -2.25. The molecular weight excluding hydrogens is 310 g/mol. The van der Waals surface area contributed by atoms with E-state index in [9.17, 15) is 8.78 Å². The molecule has 0 aliphatic carbocycles. The maximum absolute atomic E-state index is 13.9. The van der Waals surface area contributed by atoms with Crippen molar-refractivity contribution < 1.29 is 13.5 Å². The first-order valence-corrected chi connectivity index (χ1v) is 7.44. The van der Waals surface area contributed by atoms with Crippen LogP contribution in [0.25, 0.3) is 0 Å². The first-order valence-electron chi connectivity index (χ1n) is 7.06. The maximum atomic E-state index is 13.9. The maximum Gasteiger partial charge on any atom is 0.168 e. The molecule has 1 fully saturated rings. The summed E-state index contributed by atoms with van der Waals surface area (Å²) in [5.74, 6) is -1.15. The van der Waals surface area contributed by atoms with Gasteiger partial charge in [-0.1, -0.05) is 11.6 Å². The number of benzene rings is 1. The van der Waals surface area contributed by atoms with Crippen molar-refractivity contribution in [3.63, 3.8) is 0 Å². The average Bonchev–Trinajstić information content (AvgIpc) is 3.00. The molecule has 1 unspecified atom stereocenters. The summed E-state index contributed by atoms with van der Waals surface area (Å²) in [5.41, 5.74) is 0.782. The molecule has 2 atom stereocenters. The molecule has 116 valence electrons. The summed E-state index contributed by atoms with van der Waals surface area (Å²) < 4.78 is 32.7. The largest absolute Gasteiger partial charge is 0.482 e. The van der Waals surface area contributed by atoms with E-state index in [0.717, 1.165) is 31.1 Å². The Balaban J connectivity index is 1.91. The van der Waals surface area contributed by atoms with E-state index < -0.39 is 11.6 Å². The van der Waals surface area contributed by atoms with E-state index in [2.05, 4.69) is 10.3 Å². The van der Waals surface area contributed by atoms with Gasteiger partial charge in [-0.3, -0.25) is 4.98 Å². The van der Waals surface area contributed by atoms with E-state index in [1.165, 1.54) is 18.3 Å². The molecule has 2 aromatic rings. The molecule has 1 aromatic heterocycles. The standard InChI is InChI=1S/C16H15ClF2N2O/c17-12-5-11(8-21-9-12)16(10-3-4-20-7-10)22-15-2-1-13(18)6-14(15)19/h1-2,5-6,8-10,16,20H,3-4,7H2/t10?,16-/m0/s1. The van der Waals surface area contributed by atoms with Crippen LogP contribution in [0.5, 0.6) is 5.75 Å². The molecule has 0 amide bonds. The van der Waals surface area contributed by atoms with E-state index in [1.54, 1.807) is 12.3 Å². The number of ether oxygens (including phenoxy) is 1. The van der Waals surface area contributed by atoms with Gasteiger partial charge in [0.15, 0.2) is 11.6 Å². The third kappa shape index (κ3) is 3.36. The van der Waals surface area contributed by atoms with Gasteiger partial charge < -0.3 is 10.1 Å². The molecule has 0 spiro atoms. The van der Waals surface area contributed by atoms with Crippen LogP contribution in [0, 0.1) is 17.6 Å². The quantitative estimate of drug-likeness (QED) is 0.930. The first kappa shape index (κ1) is 15.2. The van der Waals surface area contributed by atoms with Crippen LogP contribution < -0.4 is 10.1 Å². The van der Waals surface area contributed by atoms with Gasteiger partial charge in [-0.2, -0.15) is 0 Å². The normalized spacial score (nSPS) is 19.1. The van der Waals surface area contributed by atoms with Gasteiger partial charge in [0.05, 0.1) is 5.02 Å². The van der Waals surface area contributed by atoms with Gasteiger partial charge in [-0.25, -0.2) is 8.78 Å². The van der Waals surface area contributed by atoms with Gasteiger partial charge >= 0.3 is 0 Å². The zero-order valence-electron chi connectivity index (χ0n) is 11.7. The number of rotatable bonds is 4. The molecule has 6 heteroatoms. The highest BCUT2D eigenvalue weighted by Crippen LogP contribution is 2.33. The number of pyridine rings is 1. The Labute approximate surface area is 132 Å². The van der Waals surface area contributed by atoms with E-state index in [1.807, 2.05) is 0 Å². The van der Waals surface area contributed by atoms with Crippen LogP contribution in [0.2, 0.25) is 5.02 Å². The number of nitrogens with zero attached hydrogens (tertiary/aromatic N) is 1. The van der Waals surface area contributed by atoms with Crippen LogP contribution in [0.3, 0.4) is 0 Å². The lowest BCUT2D eigenvalue weighted by Crippen LogP contribution is -2.22. The van der Waals surface area contributed by atoms with Crippen molar-refractivity contribution in [1.82, 2.24) is 10.3 Å². The molecule has 0 radical (unpaired) electrons. The molecular formula is C16H15ClF2N2O. The molecule has 1 aromatic carbocycles. The highest BCUT2D eigenvalue weighted by atomic mass is 35.5. The zero-order chi connectivity index (χ0) is 15.5. The fourth-order valence-electron chi connectivity index (χ4n) is 2.66. The van der Waals surface area contributed by atoms with Crippen LogP contribution in [-0.2, 0) is 0 Å². The Morgan fingerprint density at radius 1 is 1.27 bits per heavy atom. The minimum absolute atomic E-state index is 0.0262. The van der Waals surface area contributed by atoms with Crippen LogP contribution >= 0.6 is 11.6 Å². The van der Waals surface area contributed by atoms with E-state index in [0.29, 0.717) is 5.02 Å². The Morgan fingerprint density at radius 2 is 2.14 bits per heavy atom. The van der Waals surface area contributed by atoms with Gasteiger partial charge in [0, 0.05) is 36.5 Å². The second kappa shape index (κ2) is 6.58. The van der Waals surface area contributed by atoms with Crippen molar-refractivity contribution in [2.75, 3.05) is 13.1 Å². The van der Waals surface area contributed by atoms with Gasteiger partial charge in [0.1, 0.15) is 11.9 Å². The summed E-state index contributed by atoms with van der Waals surface area (Å²) in [6.07, 6.45) is 3.71. The van der Waals surface area contributed by atoms with Gasteiger partial charge in [-0.05, 0) is 31.2 Å².